The number of aromatic nitrogens is 2. The summed E-state index contributed by atoms with van der Waals surface area (Å²) in [7, 11) is 0. The van der Waals surface area contributed by atoms with Crippen LogP contribution in [0.25, 0.3) is 44.1 Å². The van der Waals surface area contributed by atoms with Crippen LogP contribution in [0.15, 0.2) is 91.3 Å². The Hall–Kier alpha value is -4.44. The number of phenolic OH excluding ortho intramolecular Hbond substituents is 1. The van der Waals surface area contributed by atoms with Crippen molar-refractivity contribution in [2.75, 3.05) is 5.32 Å². The molecule has 4 aromatic carbocycles. The molecule has 6 aromatic rings. The number of benzene rings is 4. The predicted octanol–water partition coefficient (Wildman–Crippen LogP) is 8.05. The summed E-state index contributed by atoms with van der Waals surface area (Å²) in [6.45, 7) is 4.14. The number of hydrogen-bond donors (Lipinski definition) is 4. The Morgan fingerprint density at radius 1 is 0.676 bits per heavy atom. The number of rotatable bonds is 4. The van der Waals surface area contributed by atoms with Crippen molar-refractivity contribution in [3.05, 3.63) is 102 Å². The lowest BCUT2D eigenvalue weighted by atomic mass is 9.97. The quantitative estimate of drug-likeness (QED) is 0.223. The van der Waals surface area contributed by atoms with Gasteiger partial charge in [-0.15, -0.1) is 0 Å². The van der Waals surface area contributed by atoms with E-state index in [1.807, 2.05) is 19.1 Å². The van der Waals surface area contributed by atoms with Crippen LogP contribution in [0.5, 0.6) is 5.75 Å². The van der Waals surface area contributed by atoms with Gasteiger partial charge in [0, 0.05) is 62.8 Å². The van der Waals surface area contributed by atoms with Gasteiger partial charge in [0.15, 0.2) is 0 Å². The molecular weight excluding hydrogens is 418 g/mol. The molecule has 0 amide bonds. The number of para-hydroxylation sites is 1. The summed E-state index contributed by atoms with van der Waals surface area (Å²) in [4.78, 5) is 6.84. The van der Waals surface area contributed by atoms with E-state index in [1.165, 1.54) is 16.3 Å². The Morgan fingerprint density at radius 3 is 2.18 bits per heavy atom. The zero-order chi connectivity index (χ0) is 23.2. The highest BCUT2D eigenvalue weighted by molar-refractivity contribution is 6.00. The maximum Gasteiger partial charge on any atom is 0.117 e. The van der Waals surface area contributed by atoms with E-state index < -0.39 is 0 Å². The second kappa shape index (κ2) is 7.85. The van der Waals surface area contributed by atoms with E-state index >= 15 is 0 Å². The highest BCUT2D eigenvalue weighted by Crippen LogP contribution is 2.38. The number of anilines is 2. The Morgan fingerprint density at radius 2 is 1.38 bits per heavy atom. The topological polar surface area (TPSA) is 63.8 Å². The van der Waals surface area contributed by atoms with E-state index in [2.05, 4.69) is 89.2 Å². The molecule has 34 heavy (non-hydrogen) atoms. The van der Waals surface area contributed by atoms with Crippen LogP contribution in [0, 0.1) is 13.8 Å². The molecule has 6 rings (SSSR count). The lowest BCUT2D eigenvalue weighted by molar-refractivity contribution is 0.475. The Balaban J connectivity index is 1.55. The summed E-state index contributed by atoms with van der Waals surface area (Å²) in [6.07, 6.45) is 4.16. The minimum absolute atomic E-state index is 0.244. The maximum atomic E-state index is 10.0. The van der Waals surface area contributed by atoms with Crippen molar-refractivity contribution >= 4 is 33.2 Å². The van der Waals surface area contributed by atoms with Crippen LogP contribution in [-0.2, 0) is 0 Å². The molecule has 0 atom stereocenters. The van der Waals surface area contributed by atoms with E-state index in [-0.39, 0.29) is 5.75 Å². The van der Waals surface area contributed by atoms with Crippen LogP contribution < -0.4 is 5.32 Å². The van der Waals surface area contributed by atoms with Crippen molar-refractivity contribution in [3.63, 3.8) is 0 Å². The minimum Gasteiger partial charge on any atom is -0.508 e. The number of hydrogen-bond acceptors (Lipinski definition) is 2. The molecule has 166 valence electrons. The van der Waals surface area contributed by atoms with E-state index in [9.17, 15) is 5.11 Å². The van der Waals surface area contributed by atoms with Crippen molar-refractivity contribution in [3.8, 4) is 28.0 Å². The van der Waals surface area contributed by atoms with E-state index in [0.29, 0.717) is 0 Å². The largest absolute Gasteiger partial charge is 0.508 e. The van der Waals surface area contributed by atoms with Crippen LogP contribution in [0.2, 0.25) is 0 Å². The van der Waals surface area contributed by atoms with Crippen molar-refractivity contribution in [1.29, 1.82) is 0 Å². The van der Waals surface area contributed by atoms with Gasteiger partial charge in [0.2, 0.25) is 0 Å². The van der Waals surface area contributed by atoms with Gasteiger partial charge in [0.25, 0.3) is 0 Å². The number of phenols is 1. The summed E-state index contributed by atoms with van der Waals surface area (Å²) in [5, 5.41) is 16.0. The molecular formula is C30H25N3O. The van der Waals surface area contributed by atoms with Crippen LogP contribution in [0.4, 0.5) is 11.4 Å². The summed E-state index contributed by atoms with van der Waals surface area (Å²) in [6, 6.07) is 26.9. The molecule has 4 N–H and O–H groups in total. The monoisotopic (exact) mass is 443 g/mol. The molecule has 4 nitrogen and oxygen atoms in total. The zero-order valence-corrected chi connectivity index (χ0v) is 19.1. The molecule has 0 saturated carbocycles. The molecule has 0 aliphatic carbocycles. The fourth-order valence-corrected chi connectivity index (χ4v) is 4.70. The van der Waals surface area contributed by atoms with Crippen LogP contribution in [-0.4, -0.2) is 15.1 Å². The number of fused-ring (bicyclic) bond motifs is 2. The predicted molar refractivity (Wildman–Crippen MR) is 142 cm³/mol. The third kappa shape index (κ3) is 3.50. The highest BCUT2D eigenvalue weighted by Gasteiger charge is 2.13. The molecule has 0 bridgehead atoms. The van der Waals surface area contributed by atoms with E-state index in [1.54, 1.807) is 12.1 Å². The van der Waals surface area contributed by atoms with E-state index in [4.69, 9.17) is 0 Å². The van der Waals surface area contributed by atoms with Gasteiger partial charge in [-0.05, 0) is 72.5 Å². The first-order valence-corrected chi connectivity index (χ1v) is 11.4. The zero-order valence-electron chi connectivity index (χ0n) is 19.1. The Kier molecular flexibility index (Phi) is 4.66. The fourth-order valence-electron chi connectivity index (χ4n) is 4.70. The van der Waals surface area contributed by atoms with E-state index in [0.717, 1.165) is 50.2 Å². The molecule has 0 aliphatic heterocycles. The standard InChI is InChI=1S/C30H25N3O/c1-18-7-10-25-27(17-32-30(25)11-18)21-12-20(26-16-31-28-6-4-3-5-24(26)28)13-22(14-21)33-29-15-23(34)9-8-19(29)2/h3-17,31-34H,1-2H3. The summed E-state index contributed by atoms with van der Waals surface area (Å²) >= 11 is 0. The number of nitrogens with one attached hydrogen (secondary N) is 3. The number of H-pyrrole nitrogens is 2. The molecule has 2 aromatic heterocycles. The summed E-state index contributed by atoms with van der Waals surface area (Å²) < 4.78 is 0. The number of aromatic amines is 2. The third-order valence-corrected chi connectivity index (χ3v) is 6.48. The lowest BCUT2D eigenvalue weighted by Crippen LogP contribution is -1.94. The molecule has 4 heteroatoms. The number of aromatic hydroxyl groups is 1. The Labute approximate surface area is 197 Å². The van der Waals surface area contributed by atoms with Crippen molar-refractivity contribution < 1.29 is 5.11 Å². The summed E-state index contributed by atoms with van der Waals surface area (Å²) in [5.41, 5.74) is 11.0. The SMILES string of the molecule is Cc1ccc2c(-c3cc(Nc4cc(O)ccc4C)cc(-c4c[nH]c5ccccc45)c3)c[nH]c2c1. The average Bonchev–Trinajstić information content (AvgIpc) is 3.45. The maximum absolute atomic E-state index is 10.0. The van der Waals surface area contributed by atoms with Gasteiger partial charge in [-0.1, -0.05) is 36.4 Å². The molecule has 0 radical (unpaired) electrons. The Bertz CT molecular complexity index is 1670. The smallest absolute Gasteiger partial charge is 0.117 e. The average molecular weight is 444 g/mol. The van der Waals surface area contributed by atoms with Crippen LogP contribution >= 0.6 is 0 Å². The van der Waals surface area contributed by atoms with Gasteiger partial charge in [-0.25, -0.2) is 0 Å². The molecule has 0 saturated heterocycles. The third-order valence-electron chi connectivity index (χ3n) is 6.48. The molecule has 0 unspecified atom stereocenters. The molecule has 0 aliphatic rings. The van der Waals surface area contributed by atoms with Crippen molar-refractivity contribution in [2.24, 2.45) is 0 Å². The first-order chi connectivity index (χ1) is 16.5. The van der Waals surface area contributed by atoms with Gasteiger partial charge >= 0.3 is 0 Å². The molecule has 0 spiro atoms. The summed E-state index contributed by atoms with van der Waals surface area (Å²) in [5.74, 6) is 0.244. The van der Waals surface area contributed by atoms with Crippen molar-refractivity contribution in [1.82, 2.24) is 9.97 Å². The first kappa shape index (κ1) is 20.2. The molecule has 0 fully saturated rings. The highest BCUT2D eigenvalue weighted by atomic mass is 16.3. The first-order valence-electron chi connectivity index (χ1n) is 11.4. The fraction of sp³-hybridized carbons (Fsp3) is 0.0667. The van der Waals surface area contributed by atoms with Crippen molar-refractivity contribution in [2.45, 2.75) is 13.8 Å². The lowest BCUT2D eigenvalue weighted by Gasteiger charge is -2.14. The molecule has 2 heterocycles. The van der Waals surface area contributed by atoms with Gasteiger partial charge in [0.05, 0.1) is 0 Å². The van der Waals surface area contributed by atoms with Gasteiger partial charge < -0.3 is 20.4 Å². The van der Waals surface area contributed by atoms with Crippen LogP contribution in [0.3, 0.4) is 0 Å². The van der Waals surface area contributed by atoms with Gasteiger partial charge in [-0.2, -0.15) is 0 Å². The normalized spacial score (nSPS) is 11.4. The minimum atomic E-state index is 0.244. The number of aryl methyl sites for hydroxylation is 2. The second-order valence-electron chi connectivity index (χ2n) is 8.92. The second-order valence-corrected chi connectivity index (χ2v) is 8.92. The van der Waals surface area contributed by atoms with Gasteiger partial charge in [-0.3, -0.25) is 0 Å². The van der Waals surface area contributed by atoms with Crippen LogP contribution in [0.1, 0.15) is 11.1 Å². The van der Waals surface area contributed by atoms with Gasteiger partial charge in [0.1, 0.15) is 5.75 Å².